The number of nitrogens with zero attached hydrogens (tertiary/aromatic N) is 3. The van der Waals surface area contributed by atoms with E-state index in [-0.39, 0.29) is 10.8 Å². The largest absolute Gasteiger partial charge is 0.310 e. The Labute approximate surface area is 348 Å². The van der Waals surface area contributed by atoms with E-state index in [4.69, 9.17) is 0 Å². The number of hydrogen-bond acceptors (Lipinski definition) is 2. The SMILES string of the molecule is Cc1cc(Br)c(Br)c(N(c2ccc(C(C)(C)C)cc2)c2cccc(N(c3ccc(C(C)(C)C)cc3)c3ccc4c5ccccc5n(-c5ccccc5)c4c3)c2)c1. The topological polar surface area (TPSA) is 11.4 Å². The molecule has 0 atom stereocenters. The molecular weight excluding hydrogens is 814 g/mol. The van der Waals surface area contributed by atoms with Crippen molar-refractivity contribution < 1.29 is 0 Å². The zero-order valence-electron chi connectivity index (χ0n) is 33.1. The molecule has 56 heavy (non-hydrogen) atoms. The molecule has 8 rings (SSSR count). The normalized spacial score (nSPS) is 12.0. The third kappa shape index (κ3) is 7.19. The summed E-state index contributed by atoms with van der Waals surface area (Å²) in [5, 5.41) is 2.47. The summed E-state index contributed by atoms with van der Waals surface area (Å²) in [6, 6.07) is 57.7. The van der Waals surface area contributed by atoms with Crippen molar-refractivity contribution >= 4 is 87.8 Å². The lowest BCUT2D eigenvalue weighted by Crippen LogP contribution is -2.15. The van der Waals surface area contributed by atoms with Crippen LogP contribution in [0.3, 0.4) is 0 Å². The predicted molar refractivity (Wildman–Crippen MR) is 248 cm³/mol. The van der Waals surface area contributed by atoms with Crippen LogP contribution in [0.25, 0.3) is 27.5 Å². The average Bonchev–Trinajstić information content (AvgIpc) is 3.51. The quantitative estimate of drug-likeness (QED) is 0.158. The van der Waals surface area contributed by atoms with Crippen LogP contribution < -0.4 is 9.80 Å². The van der Waals surface area contributed by atoms with E-state index in [9.17, 15) is 0 Å². The number of benzene rings is 7. The molecule has 1 heterocycles. The first-order chi connectivity index (χ1) is 26.8. The van der Waals surface area contributed by atoms with Gasteiger partial charge in [0.2, 0.25) is 0 Å². The Bertz CT molecular complexity index is 2680. The lowest BCUT2D eigenvalue weighted by Gasteiger charge is -2.31. The van der Waals surface area contributed by atoms with E-state index in [2.05, 4.69) is 252 Å². The van der Waals surface area contributed by atoms with E-state index in [1.165, 1.54) is 33.0 Å². The van der Waals surface area contributed by atoms with Crippen LogP contribution in [0.4, 0.5) is 34.1 Å². The van der Waals surface area contributed by atoms with Gasteiger partial charge in [-0.25, -0.2) is 0 Å². The molecule has 0 saturated heterocycles. The predicted octanol–water partition coefficient (Wildman–Crippen LogP) is 16.2. The minimum Gasteiger partial charge on any atom is -0.310 e. The highest BCUT2D eigenvalue weighted by Crippen LogP contribution is 2.46. The second-order valence-corrected chi connectivity index (χ2v) is 18.4. The zero-order valence-corrected chi connectivity index (χ0v) is 36.3. The van der Waals surface area contributed by atoms with Crippen LogP contribution in [-0.2, 0) is 10.8 Å². The fourth-order valence-electron chi connectivity index (χ4n) is 7.69. The fourth-order valence-corrected chi connectivity index (χ4v) is 8.66. The van der Waals surface area contributed by atoms with Gasteiger partial charge in [-0.3, -0.25) is 0 Å². The van der Waals surface area contributed by atoms with Crippen LogP contribution in [-0.4, -0.2) is 4.57 Å². The smallest absolute Gasteiger partial charge is 0.0617 e. The van der Waals surface area contributed by atoms with E-state index >= 15 is 0 Å². The molecule has 0 radical (unpaired) electrons. The number of fused-ring (bicyclic) bond motifs is 3. The Morgan fingerprint density at radius 3 is 1.59 bits per heavy atom. The summed E-state index contributed by atoms with van der Waals surface area (Å²) >= 11 is 7.80. The molecule has 0 bridgehead atoms. The van der Waals surface area contributed by atoms with Crippen molar-refractivity contribution in [1.29, 1.82) is 0 Å². The van der Waals surface area contributed by atoms with Crippen molar-refractivity contribution in [2.75, 3.05) is 9.80 Å². The van der Waals surface area contributed by atoms with Crippen LogP contribution in [0.2, 0.25) is 0 Å². The van der Waals surface area contributed by atoms with Crippen molar-refractivity contribution in [3.8, 4) is 5.69 Å². The number of aryl methyl sites for hydroxylation is 1. The fraction of sp³-hybridized carbons (Fsp3) is 0.176. The summed E-state index contributed by atoms with van der Waals surface area (Å²) in [7, 11) is 0. The summed E-state index contributed by atoms with van der Waals surface area (Å²) in [5.74, 6) is 0. The van der Waals surface area contributed by atoms with Gasteiger partial charge in [0.1, 0.15) is 0 Å². The molecule has 3 nitrogen and oxygen atoms in total. The zero-order chi connectivity index (χ0) is 39.4. The Kier molecular flexibility index (Phi) is 9.97. The molecule has 5 heteroatoms. The number of hydrogen-bond donors (Lipinski definition) is 0. The maximum Gasteiger partial charge on any atom is 0.0617 e. The molecule has 0 unspecified atom stereocenters. The molecule has 0 amide bonds. The molecule has 1 aromatic heterocycles. The molecule has 0 spiro atoms. The molecule has 0 saturated carbocycles. The van der Waals surface area contributed by atoms with Crippen LogP contribution in [0, 0.1) is 6.92 Å². The van der Waals surface area contributed by atoms with Crippen molar-refractivity contribution in [3.05, 3.63) is 183 Å². The monoisotopic (exact) mass is 859 g/mol. The summed E-state index contributed by atoms with van der Waals surface area (Å²) in [6.45, 7) is 15.7. The molecule has 0 aliphatic heterocycles. The number of anilines is 6. The van der Waals surface area contributed by atoms with Gasteiger partial charge in [-0.2, -0.15) is 0 Å². The Morgan fingerprint density at radius 2 is 0.964 bits per heavy atom. The highest BCUT2D eigenvalue weighted by molar-refractivity contribution is 9.13. The van der Waals surface area contributed by atoms with E-state index in [1.807, 2.05) is 0 Å². The maximum absolute atomic E-state index is 3.96. The minimum atomic E-state index is 0.0390. The molecule has 0 aliphatic carbocycles. The van der Waals surface area contributed by atoms with Gasteiger partial charge in [-0.05, 0) is 151 Å². The third-order valence-corrected chi connectivity index (χ3v) is 12.6. The van der Waals surface area contributed by atoms with E-state index in [0.717, 1.165) is 54.3 Å². The minimum absolute atomic E-state index is 0.0390. The van der Waals surface area contributed by atoms with Crippen molar-refractivity contribution in [2.45, 2.75) is 59.3 Å². The Hall–Kier alpha value is -5.10. The highest BCUT2D eigenvalue weighted by Gasteiger charge is 2.23. The molecule has 0 fully saturated rings. The molecule has 0 N–H and O–H groups in total. The molecule has 0 aliphatic rings. The van der Waals surface area contributed by atoms with Gasteiger partial charge in [0.15, 0.2) is 0 Å². The second-order valence-electron chi connectivity index (χ2n) is 16.8. The van der Waals surface area contributed by atoms with E-state index < -0.39 is 0 Å². The Balaban J connectivity index is 1.35. The lowest BCUT2D eigenvalue weighted by atomic mass is 9.87. The van der Waals surface area contributed by atoms with Crippen LogP contribution in [0.1, 0.15) is 58.2 Å². The maximum atomic E-state index is 3.96. The van der Waals surface area contributed by atoms with Crippen molar-refractivity contribution in [3.63, 3.8) is 0 Å². The van der Waals surface area contributed by atoms with E-state index in [1.54, 1.807) is 0 Å². The highest BCUT2D eigenvalue weighted by atomic mass is 79.9. The van der Waals surface area contributed by atoms with Crippen LogP contribution in [0.5, 0.6) is 0 Å². The van der Waals surface area contributed by atoms with Crippen LogP contribution >= 0.6 is 31.9 Å². The molecule has 8 aromatic rings. The summed E-state index contributed by atoms with van der Waals surface area (Å²) in [6.07, 6.45) is 0. The first kappa shape index (κ1) is 37.8. The number of para-hydroxylation sites is 2. The van der Waals surface area contributed by atoms with Gasteiger partial charge >= 0.3 is 0 Å². The summed E-state index contributed by atoms with van der Waals surface area (Å²) in [4.78, 5) is 4.75. The van der Waals surface area contributed by atoms with Gasteiger partial charge in [0, 0.05) is 49.4 Å². The lowest BCUT2D eigenvalue weighted by molar-refractivity contribution is 0.590. The van der Waals surface area contributed by atoms with Crippen molar-refractivity contribution in [1.82, 2.24) is 4.57 Å². The standard InChI is InChI=1S/C51H47Br2N3/c1-34-30-45(52)49(53)48(31-34)55(39-26-22-36(23-27-39)51(5,6)7)41-17-13-16-40(32-41)54(38-24-20-35(21-25-38)50(2,3)4)42-28-29-44-43-18-11-12-19-46(43)56(47(44)33-42)37-14-9-8-10-15-37/h8-33H,1-7H3. The number of aromatic nitrogens is 1. The third-order valence-electron chi connectivity index (χ3n) is 10.7. The second kappa shape index (κ2) is 14.8. The molecule has 7 aromatic carbocycles. The van der Waals surface area contributed by atoms with Crippen molar-refractivity contribution in [2.24, 2.45) is 0 Å². The number of rotatable bonds is 7. The van der Waals surface area contributed by atoms with E-state index in [0.29, 0.717) is 0 Å². The number of halogens is 2. The van der Waals surface area contributed by atoms with Gasteiger partial charge in [-0.1, -0.05) is 114 Å². The van der Waals surface area contributed by atoms with Gasteiger partial charge < -0.3 is 14.4 Å². The Morgan fingerprint density at radius 1 is 0.446 bits per heavy atom. The van der Waals surface area contributed by atoms with Gasteiger partial charge in [0.25, 0.3) is 0 Å². The molecule has 280 valence electrons. The summed E-state index contributed by atoms with van der Waals surface area (Å²) < 4.78 is 4.41. The van der Waals surface area contributed by atoms with Gasteiger partial charge in [-0.15, -0.1) is 0 Å². The average molecular weight is 862 g/mol. The first-order valence-electron chi connectivity index (χ1n) is 19.2. The molecular formula is C51H47Br2N3. The van der Waals surface area contributed by atoms with Gasteiger partial charge in [0.05, 0.1) is 21.2 Å². The summed E-state index contributed by atoms with van der Waals surface area (Å²) in [5.41, 5.74) is 13.8. The van der Waals surface area contributed by atoms with Crippen LogP contribution in [0.15, 0.2) is 167 Å². The first-order valence-corrected chi connectivity index (χ1v) is 20.8.